The third-order valence-electron chi connectivity index (χ3n) is 2.47. The maximum Gasteiger partial charge on any atom is 0.262 e. The molecule has 0 unspecified atom stereocenters. The first-order valence-corrected chi connectivity index (χ1v) is 7.30. The van der Waals surface area contributed by atoms with Crippen molar-refractivity contribution in [1.82, 2.24) is 0 Å². The Morgan fingerprint density at radius 3 is 2.24 bits per heavy atom. The molecule has 0 heterocycles. The summed E-state index contributed by atoms with van der Waals surface area (Å²) in [7, 11) is 0. The van der Waals surface area contributed by atoms with Gasteiger partial charge < -0.3 is 10.1 Å². The largest absolute Gasteiger partial charge is 0.482 e. The maximum absolute atomic E-state index is 11.9. The Hall–Kier alpha value is -1.13. The van der Waals surface area contributed by atoms with Crippen LogP contribution in [0.4, 0.5) is 5.69 Å². The molecule has 21 heavy (non-hydrogen) atoms. The third-order valence-corrected chi connectivity index (χ3v) is 3.59. The van der Waals surface area contributed by atoms with E-state index < -0.39 is 5.91 Å². The summed E-state index contributed by atoms with van der Waals surface area (Å²) >= 11 is 23.7. The van der Waals surface area contributed by atoms with E-state index >= 15 is 0 Å². The van der Waals surface area contributed by atoms with Crippen molar-refractivity contribution < 1.29 is 9.53 Å². The fourth-order valence-electron chi connectivity index (χ4n) is 1.54. The van der Waals surface area contributed by atoms with E-state index in [9.17, 15) is 4.79 Å². The van der Waals surface area contributed by atoms with Crippen molar-refractivity contribution in [3.8, 4) is 5.75 Å². The van der Waals surface area contributed by atoms with E-state index in [-0.39, 0.29) is 22.3 Å². The van der Waals surface area contributed by atoms with Gasteiger partial charge in [0, 0.05) is 5.02 Å². The van der Waals surface area contributed by atoms with Gasteiger partial charge in [-0.05, 0) is 24.3 Å². The van der Waals surface area contributed by atoms with E-state index in [1.165, 1.54) is 12.1 Å². The van der Waals surface area contributed by atoms with Crippen LogP contribution >= 0.6 is 46.4 Å². The molecular weight excluding hydrogens is 356 g/mol. The van der Waals surface area contributed by atoms with E-state index in [4.69, 9.17) is 51.1 Å². The van der Waals surface area contributed by atoms with Gasteiger partial charge in [0.15, 0.2) is 6.61 Å². The standard InChI is InChI=1S/C14H9Cl4NO2/c15-8-5-10(17)14(11(18)6-8)19-13(20)7-21-12-4-2-1-3-9(12)16/h1-6H,7H2,(H,19,20). The Labute approximate surface area is 141 Å². The van der Waals surface area contributed by atoms with Gasteiger partial charge in [-0.1, -0.05) is 58.5 Å². The molecule has 2 aromatic carbocycles. The molecule has 0 saturated heterocycles. The van der Waals surface area contributed by atoms with Crippen LogP contribution in [0.1, 0.15) is 0 Å². The molecule has 1 amide bonds. The van der Waals surface area contributed by atoms with Crippen LogP contribution in [0.5, 0.6) is 5.75 Å². The molecule has 2 aromatic rings. The van der Waals surface area contributed by atoms with Gasteiger partial charge in [0.1, 0.15) is 5.75 Å². The molecule has 0 aromatic heterocycles. The molecule has 0 atom stereocenters. The quantitative estimate of drug-likeness (QED) is 0.797. The number of para-hydroxylation sites is 1. The molecule has 0 saturated carbocycles. The van der Waals surface area contributed by atoms with Crippen molar-refractivity contribution in [3.63, 3.8) is 0 Å². The van der Waals surface area contributed by atoms with E-state index in [2.05, 4.69) is 5.32 Å². The zero-order valence-corrected chi connectivity index (χ0v) is 13.5. The molecule has 0 aliphatic rings. The molecular formula is C14H9Cl4NO2. The topological polar surface area (TPSA) is 38.3 Å². The second-order valence-electron chi connectivity index (χ2n) is 4.01. The fourth-order valence-corrected chi connectivity index (χ4v) is 2.64. The highest BCUT2D eigenvalue weighted by Gasteiger charge is 2.12. The number of halogens is 4. The lowest BCUT2D eigenvalue weighted by atomic mass is 10.3. The highest BCUT2D eigenvalue weighted by molar-refractivity contribution is 6.42. The first kappa shape index (κ1) is 16.2. The van der Waals surface area contributed by atoms with Crippen LogP contribution in [0.15, 0.2) is 36.4 Å². The smallest absolute Gasteiger partial charge is 0.262 e. The predicted octanol–water partition coefficient (Wildman–Crippen LogP) is 5.32. The predicted molar refractivity (Wildman–Crippen MR) is 87.0 cm³/mol. The van der Waals surface area contributed by atoms with Crippen LogP contribution in [0.2, 0.25) is 20.1 Å². The minimum atomic E-state index is -0.416. The first-order valence-electron chi connectivity index (χ1n) is 5.79. The summed E-state index contributed by atoms with van der Waals surface area (Å²) in [5.74, 6) is 0.00339. The molecule has 0 fully saturated rings. The molecule has 0 aliphatic carbocycles. The van der Waals surface area contributed by atoms with Crippen molar-refractivity contribution in [2.45, 2.75) is 0 Å². The summed E-state index contributed by atoms with van der Waals surface area (Å²) < 4.78 is 5.32. The number of hydrogen-bond donors (Lipinski definition) is 1. The molecule has 3 nitrogen and oxygen atoms in total. The maximum atomic E-state index is 11.9. The molecule has 110 valence electrons. The van der Waals surface area contributed by atoms with Crippen molar-refractivity contribution >= 4 is 58.0 Å². The Balaban J connectivity index is 2.01. The van der Waals surface area contributed by atoms with Crippen LogP contribution in [0.25, 0.3) is 0 Å². The van der Waals surface area contributed by atoms with Crippen molar-refractivity contribution in [2.75, 3.05) is 11.9 Å². The zero-order chi connectivity index (χ0) is 15.4. The summed E-state index contributed by atoms with van der Waals surface area (Å²) in [6.07, 6.45) is 0. The number of anilines is 1. The second-order valence-corrected chi connectivity index (χ2v) is 5.67. The average molecular weight is 365 g/mol. The van der Waals surface area contributed by atoms with Crippen LogP contribution in [0.3, 0.4) is 0 Å². The second kappa shape index (κ2) is 7.23. The Morgan fingerprint density at radius 1 is 1.00 bits per heavy atom. The van der Waals surface area contributed by atoms with E-state index in [0.717, 1.165) is 0 Å². The SMILES string of the molecule is O=C(COc1ccccc1Cl)Nc1c(Cl)cc(Cl)cc1Cl. The number of amides is 1. The number of hydrogen-bond acceptors (Lipinski definition) is 2. The van der Waals surface area contributed by atoms with Crippen molar-refractivity contribution in [3.05, 3.63) is 56.5 Å². The van der Waals surface area contributed by atoms with E-state index in [1.807, 2.05) is 0 Å². The van der Waals surface area contributed by atoms with Crippen molar-refractivity contribution in [1.29, 1.82) is 0 Å². The number of ether oxygens (including phenoxy) is 1. The highest BCUT2D eigenvalue weighted by atomic mass is 35.5. The third kappa shape index (κ3) is 4.42. The number of benzene rings is 2. The van der Waals surface area contributed by atoms with Gasteiger partial charge in [0.2, 0.25) is 0 Å². The van der Waals surface area contributed by atoms with E-state index in [1.54, 1.807) is 24.3 Å². The molecule has 1 N–H and O–H groups in total. The molecule has 7 heteroatoms. The lowest BCUT2D eigenvalue weighted by Crippen LogP contribution is -2.20. The Morgan fingerprint density at radius 2 is 1.62 bits per heavy atom. The van der Waals surface area contributed by atoms with Crippen molar-refractivity contribution in [2.24, 2.45) is 0 Å². The lowest BCUT2D eigenvalue weighted by Gasteiger charge is -2.11. The molecule has 2 rings (SSSR count). The van der Waals surface area contributed by atoms with Crippen LogP contribution < -0.4 is 10.1 Å². The number of carbonyl (C=O) groups is 1. The summed E-state index contributed by atoms with van der Waals surface area (Å²) in [6.45, 7) is -0.223. The van der Waals surface area contributed by atoms with Gasteiger partial charge in [0.25, 0.3) is 5.91 Å². The minimum absolute atomic E-state index is 0.223. The molecule has 0 radical (unpaired) electrons. The van der Waals surface area contributed by atoms with Gasteiger partial charge >= 0.3 is 0 Å². The van der Waals surface area contributed by atoms with Gasteiger partial charge in [-0.3, -0.25) is 4.79 Å². The molecule has 0 bridgehead atoms. The minimum Gasteiger partial charge on any atom is -0.482 e. The normalized spacial score (nSPS) is 10.3. The fraction of sp³-hybridized carbons (Fsp3) is 0.0714. The number of rotatable bonds is 4. The van der Waals surface area contributed by atoms with Gasteiger partial charge in [-0.2, -0.15) is 0 Å². The van der Waals surface area contributed by atoms with Crippen LogP contribution in [-0.4, -0.2) is 12.5 Å². The summed E-state index contributed by atoms with van der Waals surface area (Å²) in [6, 6.07) is 9.83. The highest BCUT2D eigenvalue weighted by Crippen LogP contribution is 2.33. The lowest BCUT2D eigenvalue weighted by molar-refractivity contribution is -0.118. The Kier molecular flexibility index (Phi) is 5.59. The molecule has 0 spiro atoms. The zero-order valence-electron chi connectivity index (χ0n) is 10.5. The molecule has 0 aliphatic heterocycles. The van der Waals surface area contributed by atoms with Gasteiger partial charge in [-0.15, -0.1) is 0 Å². The Bertz CT molecular complexity index is 653. The van der Waals surface area contributed by atoms with Crippen LogP contribution in [0, 0.1) is 0 Å². The first-order chi connectivity index (χ1) is 9.97. The van der Waals surface area contributed by atoms with Gasteiger partial charge in [0.05, 0.1) is 20.8 Å². The summed E-state index contributed by atoms with van der Waals surface area (Å²) in [5.41, 5.74) is 0.287. The summed E-state index contributed by atoms with van der Waals surface area (Å²) in [5, 5.41) is 3.87. The number of carbonyl (C=O) groups excluding carboxylic acids is 1. The van der Waals surface area contributed by atoms with Crippen LogP contribution in [-0.2, 0) is 4.79 Å². The summed E-state index contributed by atoms with van der Waals surface area (Å²) in [4.78, 5) is 11.9. The van der Waals surface area contributed by atoms with E-state index in [0.29, 0.717) is 15.8 Å². The average Bonchev–Trinajstić information content (AvgIpc) is 2.42. The monoisotopic (exact) mass is 363 g/mol. The van der Waals surface area contributed by atoms with Gasteiger partial charge in [-0.25, -0.2) is 0 Å². The number of nitrogens with one attached hydrogen (secondary N) is 1.